The maximum atomic E-state index is 12.9. The van der Waals surface area contributed by atoms with Gasteiger partial charge >= 0.3 is 0 Å². The molecule has 0 radical (unpaired) electrons. The normalized spacial score (nSPS) is 17.1. The number of carbonyl (C=O) groups is 2. The molecule has 0 spiro atoms. The molecule has 0 saturated carbocycles. The summed E-state index contributed by atoms with van der Waals surface area (Å²) in [6.45, 7) is 1.01. The Morgan fingerprint density at radius 2 is 2.28 bits per heavy atom. The molecular formula is C18H18N4O2S. The lowest BCUT2D eigenvalue weighted by molar-refractivity contribution is -0.125. The Morgan fingerprint density at radius 1 is 1.36 bits per heavy atom. The highest BCUT2D eigenvalue weighted by atomic mass is 32.1. The van der Waals surface area contributed by atoms with Gasteiger partial charge in [0.15, 0.2) is 0 Å². The van der Waals surface area contributed by atoms with Gasteiger partial charge in [-0.1, -0.05) is 6.07 Å². The van der Waals surface area contributed by atoms with Crippen LogP contribution in [0.3, 0.4) is 0 Å². The van der Waals surface area contributed by atoms with Gasteiger partial charge in [0.05, 0.1) is 17.7 Å². The predicted octanol–water partition coefficient (Wildman–Crippen LogP) is 2.55. The van der Waals surface area contributed by atoms with Gasteiger partial charge in [0.1, 0.15) is 6.04 Å². The largest absolute Gasteiger partial charge is 0.361 e. The SMILES string of the molecule is O=C(NCc1cscn1)C1CCCN1C(=O)c1ccc2cc[nH]c2c1. The van der Waals surface area contributed by atoms with Crippen molar-refractivity contribution >= 4 is 34.1 Å². The van der Waals surface area contributed by atoms with Crippen LogP contribution < -0.4 is 5.32 Å². The van der Waals surface area contributed by atoms with Crippen LogP contribution in [0.1, 0.15) is 28.9 Å². The number of fused-ring (bicyclic) bond motifs is 1. The molecule has 6 nitrogen and oxygen atoms in total. The topological polar surface area (TPSA) is 78.1 Å². The average molecular weight is 354 g/mol. The number of carbonyl (C=O) groups excluding carboxylic acids is 2. The van der Waals surface area contributed by atoms with Crippen molar-refractivity contribution in [3.05, 3.63) is 52.6 Å². The molecule has 2 aromatic heterocycles. The second-order valence-corrected chi connectivity index (χ2v) is 6.85. The second-order valence-electron chi connectivity index (χ2n) is 6.13. The zero-order chi connectivity index (χ0) is 17.2. The van der Waals surface area contributed by atoms with Crippen molar-refractivity contribution in [1.29, 1.82) is 0 Å². The monoisotopic (exact) mass is 354 g/mol. The fraction of sp³-hybridized carbons (Fsp3) is 0.278. The van der Waals surface area contributed by atoms with E-state index >= 15 is 0 Å². The van der Waals surface area contributed by atoms with Gasteiger partial charge in [0, 0.05) is 29.2 Å². The molecule has 7 heteroatoms. The summed E-state index contributed by atoms with van der Waals surface area (Å²) in [5.74, 6) is -0.206. The quantitative estimate of drug-likeness (QED) is 0.756. The number of benzene rings is 1. The molecule has 0 bridgehead atoms. The summed E-state index contributed by atoms with van der Waals surface area (Å²) in [6.07, 6.45) is 3.38. The van der Waals surface area contributed by atoms with Crippen LogP contribution in [0, 0.1) is 0 Å². The zero-order valence-electron chi connectivity index (χ0n) is 13.6. The van der Waals surface area contributed by atoms with Crippen LogP contribution in [0.15, 0.2) is 41.4 Å². The molecule has 1 aliphatic rings. The molecule has 1 atom stereocenters. The van der Waals surface area contributed by atoms with Crippen molar-refractivity contribution in [1.82, 2.24) is 20.2 Å². The van der Waals surface area contributed by atoms with Crippen LogP contribution in [0.4, 0.5) is 0 Å². The lowest BCUT2D eigenvalue weighted by Crippen LogP contribution is -2.45. The summed E-state index contributed by atoms with van der Waals surface area (Å²) in [6, 6.07) is 7.15. The van der Waals surface area contributed by atoms with E-state index in [-0.39, 0.29) is 11.8 Å². The average Bonchev–Trinajstić information content (AvgIpc) is 3.39. The third-order valence-corrected chi connectivity index (χ3v) is 5.18. The lowest BCUT2D eigenvalue weighted by Gasteiger charge is -2.24. The van der Waals surface area contributed by atoms with E-state index in [9.17, 15) is 9.59 Å². The summed E-state index contributed by atoms with van der Waals surface area (Å²) < 4.78 is 0. The number of H-pyrrole nitrogens is 1. The summed E-state index contributed by atoms with van der Waals surface area (Å²) in [7, 11) is 0. The summed E-state index contributed by atoms with van der Waals surface area (Å²) in [4.78, 5) is 34.4. The Kier molecular flexibility index (Phi) is 4.23. The van der Waals surface area contributed by atoms with E-state index < -0.39 is 6.04 Å². The van der Waals surface area contributed by atoms with E-state index in [4.69, 9.17) is 0 Å². The van der Waals surface area contributed by atoms with Crippen molar-refractivity contribution in [3.8, 4) is 0 Å². The van der Waals surface area contributed by atoms with Crippen molar-refractivity contribution in [3.63, 3.8) is 0 Å². The molecule has 3 aromatic rings. The lowest BCUT2D eigenvalue weighted by atomic mass is 10.1. The second kappa shape index (κ2) is 6.68. The Hall–Kier alpha value is -2.67. The highest BCUT2D eigenvalue weighted by Crippen LogP contribution is 2.22. The maximum Gasteiger partial charge on any atom is 0.254 e. The number of nitrogens with zero attached hydrogens (tertiary/aromatic N) is 2. The summed E-state index contributed by atoms with van der Waals surface area (Å²) in [5.41, 5.74) is 4.11. The number of nitrogens with one attached hydrogen (secondary N) is 2. The van der Waals surface area contributed by atoms with Crippen LogP contribution >= 0.6 is 11.3 Å². The molecule has 1 fully saturated rings. The van der Waals surface area contributed by atoms with Gasteiger partial charge in [-0.15, -0.1) is 11.3 Å². The minimum Gasteiger partial charge on any atom is -0.361 e. The number of rotatable bonds is 4. The van der Waals surface area contributed by atoms with E-state index in [1.54, 1.807) is 10.4 Å². The smallest absolute Gasteiger partial charge is 0.254 e. The maximum absolute atomic E-state index is 12.9. The Bertz CT molecular complexity index is 903. The number of aromatic nitrogens is 2. The number of aromatic amines is 1. The minimum atomic E-state index is -0.412. The van der Waals surface area contributed by atoms with E-state index in [0.717, 1.165) is 23.0 Å². The molecule has 2 N–H and O–H groups in total. The first-order valence-corrected chi connectivity index (χ1v) is 9.19. The Balaban J connectivity index is 1.48. The first-order valence-electron chi connectivity index (χ1n) is 8.25. The van der Waals surface area contributed by atoms with Gasteiger partial charge in [-0.3, -0.25) is 9.59 Å². The van der Waals surface area contributed by atoms with Crippen LogP contribution in [0.2, 0.25) is 0 Å². The first kappa shape index (κ1) is 15.8. The standard InChI is InChI=1S/C18H18N4O2S/c23-17(20-9-14-10-25-11-21-14)16-2-1-7-22(16)18(24)13-4-3-12-5-6-19-15(12)8-13/h3-6,8,10-11,16,19H,1-2,7,9H2,(H,20,23). The van der Waals surface area contributed by atoms with Crippen LogP contribution in [0.25, 0.3) is 10.9 Å². The van der Waals surface area contributed by atoms with Gasteiger partial charge in [-0.2, -0.15) is 0 Å². The molecule has 3 heterocycles. The predicted molar refractivity (Wildman–Crippen MR) is 96.3 cm³/mol. The number of hydrogen-bond acceptors (Lipinski definition) is 4. The molecule has 1 aliphatic heterocycles. The van der Waals surface area contributed by atoms with Crippen molar-refractivity contribution in [2.45, 2.75) is 25.4 Å². The summed E-state index contributed by atoms with van der Waals surface area (Å²) in [5, 5.41) is 5.87. The Labute approximate surface area is 148 Å². The molecule has 128 valence electrons. The van der Waals surface area contributed by atoms with Gasteiger partial charge in [-0.05, 0) is 36.4 Å². The van der Waals surface area contributed by atoms with E-state index in [1.165, 1.54) is 11.3 Å². The van der Waals surface area contributed by atoms with Gasteiger partial charge in [0.25, 0.3) is 5.91 Å². The fourth-order valence-corrected chi connectivity index (χ4v) is 3.81. The number of hydrogen-bond donors (Lipinski definition) is 2. The molecule has 1 unspecified atom stereocenters. The number of likely N-dealkylation sites (tertiary alicyclic amines) is 1. The van der Waals surface area contributed by atoms with Gasteiger partial charge in [-0.25, -0.2) is 4.98 Å². The Morgan fingerprint density at radius 3 is 3.12 bits per heavy atom. The van der Waals surface area contributed by atoms with Gasteiger partial charge < -0.3 is 15.2 Å². The number of thiazole rings is 1. The molecule has 2 amide bonds. The molecular weight excluding hydrogens is 336 g/mol. The molecule has 1 saturated heterocycles. The van der Waals surface area contributed by atoms with Crippen molar-refractivity contribution in [2.75, 3.05) is 6.54 Å². The van der Waals surface area contributed by atoms with Crippen LogP contribution in [-0.4, -0.2) is 39.3 Å². The van der Waals surface area contributed by atoms with E-state index in [0.29, 0.717) is 25.1 Å². The minimum absolute atomic E-state index is 0.0946. The molecule has 0 aliphatic carbocycles. The van der Waals surface area contributed by atoms with Crippen molar-refractivity contribution in [2.24, 2.45) is 0 Å². The van der Waals surface area contributed by atoms with Crippen LogP contribution in [0.5, 0.6) is 0 Å². The number of amides is 2. The van der Waals surface area contributed by atoms with Crippen LogP contribution in [-0.2, 0) is 11.3 Å². The van der Waals surface area contributed by atoms with Crippen molar-refractivity contribution < 1.29 is 9.59 Å². The summed E-state index contributed by atoms with van der Waals surface area (Å²) >= 11 is 1.50. The highest BCUT2D eigenvalue weighted by molar-refractivity contribution is 7.07. The molecule has 1 aromatic carbocycles. The first-order chi connectivity index (χ1) is 12.2. The molecule has 4 rings (SSSR count). The highest BCUT2D eigenvalue weighted by Gasteiger charge is 2.34. The molecule has 25 heavy (non-hydrogen) atoms. The fourth-order valence-electron chi connectivity index (χ4n) is 3.25. The van der Waals surface area contributed by atoms with E-state index in [1.807, 2.05) is 35.8 Å². The van der Waals surface area contributed by atoms with E-state index in [2.05, 4.69) is 15.3 Å². The third-order valence-electron chi connectivity index (χ3n) is 4.55. The third kappa shape index (κ3) is 3.15. The zero-order valence-corrected chi connectivity index (χ0v) is 14.4. The van der Waals surface area contributed by atoms with Gasteiger partial charge in [0.2, 0.25) is 5.91 Å².